The van der Waals surface area contributed by atoms with Crippen LogP contribution in [0.4, 0.5) is 0 Å². The third kappa shape index (κ3) is 2.56. The molecule has 6 rings (SSSR count). The number of aliphatic imine (C=N–C) groups is 2. The highest BCUT2D eigenvalue weighted by atomic mass is 15.0. The molecule has 2 aliphatic rings. The van der Waals surface area contributed by atoms with Gasteiger partial charge in [0.25, 0.3) is 0 Å². The zero-order chi connectivity index (χ0) is 18.5. The Morgan fingerprint density at radius 3 is 1.96 bits per heavy atom. The van der Waals surface area contributed by atoms with E-state index >= 15 is 0 Å². The van der Waals surface area contributed by atoms with Crippen molar-refractivity contribution in [3.05, 3.63) is 47.8 Å². The molecule has 0 spiro atoms. The van der Waals surface area contributed by atoms with Gasteiger partial charge in [0.2, 0.25) is 0 Å². The van der Waals surface area contributed by atoms with Gasteiger partial charge in [0.1, 0.15) is 5.82 Å². The highest BCUT2D eigenvalue weighted by Gasteiger charge is 2.15. The SMILES string of the molecule is c1cc2nc(-c3ccc4nc(C5=NCCC5)[nH]c4c3)[nH]c2cc1C1=NCCC1. The fraction of sp³-hybridized carbons (Fsp3) is 0.273. The molecule has 0 amide bonds. The molecule has 138 valence electrons. The molecule has 6 nitrogen and oxygen atoms in total. The van der Waals surface area contributed by atoms with Gasteiger partial charge in [-0.15, -0.1) is 0 Å². The summed E-state index contributed by atoms with van der Waals surface area (Å²) in [4.78, 5) is 25.5. The average molecular weight is 368 g/mol. The van der Waals surface area contributed by atoms with Crippen molar-refractivity contribution in [1.29, 1.82) is 0 Å². The van der Waals surface area contributed by atoms with Gasteiger partial charge in [-0.25, -0.2) is 9.97 Å². The van der Waals surface area contributed by atoms with Crippen molar-refractivity contribution >= 4 is 33.5 Å². The lowest BCUT2D eigenvalue weighted by Crippen LogP contribution is -1.98. The number of nitrogens with one attached hydrogen (secondary N) is 2. The minimum absolute atomic E-state index is 0.872. The first-order chi connectivity index (χ1) is 13.8. The van der Waals surface area contributed by atoms with E-state index in [9.17, 15) is 0 Å². The molecule has 4 aromatic rings. The van der Waals surface area contributed by atoms with Gasteiger partial charge in [-0.1, -0.05) is 6.07 Å². The minimum atomic E-state index is 0.872. The standard InChI is InChI=1S/C22H20N6/c1-3-15(23-9-1)13-5-7-16-19(11-13)27-21(25-16)14-6-8-17-20(12-14)28-22(26-17)18-4-2-10-24-18/h5-8,11-12H,1-4,9-10H2,(H,25,27)(H,26,28). The fourth-order valence-electron chi connectivity index (χ4n) is 4.13. The molecule has 0 bridgehead atoms. The topological polar surface area (TPSA) is 82.1 Å². The maximum absolute atomic E-state index is 4.79. The van der Waals surface area contributed by atoms with E-state index in [4.69, 9.17) is 9.97 Å². The lowest BCUT2D eigenvalue weighted by Gasteiger charge is -1.99. The molecular weight excluding hydrogens is 348 g/mol. The van der Waals surface area contributed by atoms with Crippen LogP contribution in [-0.2, 0) is 0 Å². The molecule has 0 saturated heterocycles. The molecule has 2 N–H and O–H groups in total. The van der Waals surface area contributed by atoms with Crippen LogP contribution in [0.3, 0.4) is 0 Å². The second-order valence-electron chi connectivity index (χ2n) is 7.50. The normalized spacial score (nSPS) is 16.9. The molecule has 0 atom stereocenters. The van der Waals surface area contributed by atoms with E-state index in [1.807, 2.05) is 6.07 Å². The summed E-state index contributed by atoms with van der Waals surface area (Å²) in [5, 5.41) is 0. The average Bonchev–Trinajstić information content (AvgIpc) is 3.52. The summed E-state index contributed by atoms with van der Waals surface area (Å²) in [6.07, 6.45) is 4.34. The Kier molecular flexibility index (Phi) is 3.44. The maximum atomic E-state index is 4.79. The number of hydrogen-bond acceptors (Lipinski definition) is 4. The predicted octanol–water partition coefficient (Wildman–Crippen LogP) is 4.27. The first kappa shape index (κ1) is 15.7. The molecule has 0 radical (unpaired) electrons. The molecule has 0 unspecified atom stereocenters. The van der Waals surface area contributed by atoms with Gasteiger partial charge < -0.3 is 9.97 Å². The van der Waals surface area contributed by atoms with Crippen molar-refractivity contribution in [1.82, 2.24) is 19.9 Å². The Labute approximate surface area is 161 Å². The van der Waals surface area contributed by atoms with Crippen LogP contribution in [0.1, 0.15) is 37.1 Å². The van der Waals surface area contributed by atoms with Gasteiger partial charge in [0.05, 0.1) is 27.8 Å². The molecule has 2 aromatic carbocycles. The quantitative estimate of drug-likeness (QED) is 0.566. The number of hydrogen-bond donors (Lipinski definition) is 2. The van der Waals surface area contributed by atoms with Crippen molar-refractivity contribution in [2.75, 3.05) is 13.1 Å². The number of aromatic nitrogens is 4. The first-order valence-corrected chi connectivity index (χ1v) is 9.91. The highest BCUT2D eigenvalue weighted by molar-refractivity contribution is 6.04. The molecule has 0 saturated carbocycles. The van der Waals surface area contributed by atoms with E-state index in [0.29, 0.717) is 0 Å². The summed E-state index contributed by atoms with van der Waals surface area (Å²) in [6.45, 7) is 1.85. The number of aromatic amines is 2. The summed E-state index contributed by atoms with van der Waals surface area (Å²) in [7, 11) is 0. The van der Waals surface area contributed by atoms with Gasteiger partial charge >= 0.3 is 0 Å². The van der Waals surface area contributed by atoms with E-state index in [0.717, 1.165) is 83.8 Å². The van der Waals surface area contributed by atoms with Crippen LogP contribution in [-0.4, -0.2) is 44.4 Å². The second kappa shape index (κ2) is 6.12. The third-order valence-corrected chi connectivity index (χ3v) is 5.59. The third-order valence-electron chi connectivity index (χ3n) is 5.59. The molecular formula is C22H20N6. The van der Waals surface area contributed by atoms with Crippen LogP contribution < -0.4 is 0 Å². The molecule has 0 aliphatic carbocycles. The van der Waals surface area contributed by atoms with Crippen LogP contribution in [0.25, 0.3) is 33.5 Å². The Hall–Kier alpha value is -3.28. The van der Waals surface area contributed by atoms with Crippen LogP contribution in [0.2, 0.25) is 0 Å². The summed E-state index contributed by atoms with van der Waals surface area (Å²) in [5.41, 5.74) is 8.55. The Morgan fingerprint density at radius 2 is 1.25 bits per heavy atom. The van der Waals surface area contributed by atoms with Crippen LogP contribution in [0.5, 0.6) is 0 Å². The minimum Gasteiger partial charge on any atom is -0.338 e. The van der Waals surface area contributed by atoms with Gasteiger partial charge in [-0.2, -0.15) is 0 Å². The van der Waals surface area contributed by atoms with Gasteiger partial charge in [0.15, 0.2) is 5.82 Å². The molecule has 2 aromatic heterocycles. The number of imidazole rings is 2. The summed E-state index contributed by atoms with van der Waals surface area (Å²) in [6, 6.07) is 12.6. The summed E-state index contributed by atoms with van der Waals surface area (Å²) < 4.78 is 0. The smallest absolute Gasteiger partial charge is 0.152 e. The van der Waals surface area contributed by atoms with E-state index in [1.165, 1.54) is 11.3 Å². The largest absolute Gasteiger partial charge is 0.338 e. The van der Waals surface area contributed by atoms with E-state index in [2.05, 4.69) is 50.3 Å². The monoisotopic (exact) mass is 368 g/mol. The highest BCUT2D eigenvalue weighted by Crippen LogP contribution is 2.26. The number of rotatable bonds is 3. The predicted molar refractivity (Wildman–Crippen MR) is 112 cm³/mol. The van der Waals surface area contributed by atoms with Crippen molar-refractivity contribution in [2.45, 2.75) is 25.7 Å². The summed E-state index contributed by atoms with van der Waals surface area (Å²) in [5.74, 6) is 1.77. The fourth-order valence-corrected chi connectivity index (χ4v) is 4.13. The molecule has 28 heavy (non-hydrogen) atoms. The molecule has 6 heteroatoms. The zero-order valence-electron chi connectivity index (χ0n) is 15.5. The number of fused-ring (bicyclic) bond motifs is 2. The van der Waals surface area contributed by atoms with Gasteiger partial charge in [-0.05, 0) is 61.6 Å². The molecule has 4 heterocycles. The van der Waals surface area contributed by atoms with E-state index < -0.39 is 0 Å². The van der Waals surface area contributed by atoms with Crippen LogP contribution in [0.15, 0.2) is 46.4 Å². The lowest BCUT2D eigenvalue weighted by atomic mass is 10.1. The Morgan fingerprint density at radius 1 is 0.643 bits per heavy atom. The van der Waals surface area contributed by atoms with Crippen LogP contribution >= 0.6 is 0 Å². The van der Waals surface area contributed by atoms with Gasteiger partial charge in [0, 0.05) is 24.4 Å². The van der Waals surface area contributed by atoms with Crippen molar-refractivity contribution in [3.63, 3.8) is 0 Å². The van der Waals surface area contributed by atoms with Crippen molar-refractivity contribution < 1.29 is 0 Å². The van der Waals surface area contributed by atoms with Crippen molar-refractivity contribution in [3.8, 4) is 11.4 Å². The number of nitrogens with zero attached hydrogens (tertiary/aromatic N) is 4. The maximum Gasteiger partial charge on any atom is 0.152 e. The number of H-pyrrole nitrogens is 2. The zero-order valence-corrected chi connectivity index (χ0v) is 15.5. The van der Waals surface area contributed by atoms with Crippen molar-refractivity contribution in [2.24, 2.45) is 9.98 Å². The molecule has 2 aliphatic heterocycles. The van der Waals surface area contributed by atoms with Crippen LogP contribution in [0, 0.1) is 0 Å². The Balaban J connectivity index is 1.39. The summed E-state index contributed by atoms with van der Waals surface area (Å²) >= 11 is 0. The first-order valence-electron chi connectivity index (χ1n) is 9.91. The molecule has 0 fully saturated rings. The lowest BCUT2D eigenvalue weighted by molar-refractivity contribution is 0.950. The van der Waals surface area contributed by atoms with E-state index in [1.54, 1.807) is 0 Å². The van der Waals surface area contributed by atoms with Gasteiger partial charge in [-0.3, -0.25) is 9.98 Å². The second-order valence-corrected chi connectivity index (χ2v) is 7.50. The van der Waals surface area contributed by atoms with E-state index in [-0.39, 0.29) is 0 Å². The Bertz CT molecular complexity index is 1250. The number of benzene rings is 2.